The number of likely N-dealkylation sites (tertiary alicyclic amines) is 1. The minimum atomic E-state index is -2.22. The van der Waals surface area contributed by atoms with Gasteiger partial charge in [-0.05, 0) is 37.8 Å². The van der Waals surface area contributed by atoms with E-state index < -0.39 is 15.5 Å². The highest BCUT2D eigenvalue weighted by molar-refractivity contribution is 7.93. The van der Waals surface area contributed by atoms with Crippen LogP contribution in [0.5, 0.6) is 0 Å². The van der Waals surface area contributed by atoms with E-state index in [1.807, 2.05) is 23.1 Å². The molecule has 0 aliphatic carbocycles. The molecule has 2 aromatic rings. The number of aryl methyl sites for hydroxylation is 1. The summed E-state index contributed by atoms with van der Waals surface area (Å²) in [5.74, 6) is 0.690. The lowest BCUT2D eigenvalue weighted by atomic mass is 9.92. The number of fused-ring (bicyclic) bond motifs is 1. The highest BCUT2D eigenvalue weighted by Crippen LogP contribution is 2.39. The molecule has 3 heterocycles. The molecule has 2 aliphatic rings. The van der Waals surface area contributed by atoms with Crippen molar-refractivity contribution in [2.45, 2.75) is 44.2 Å². The Morgan fingerprint density at radius 1 is 1.30 bits per heavy atom. The smallest absolute Gasteiger partial charge is 0.408 e. The molecular formula is C19H25N3O4S. The van der Waals surface area contributed by atoms with Gasteiger partial charge in [0.25, 0.3) is 0 Å². The monoisotopic (exact) mass is 391 g/mol. The molecule has 146 valence electrons. The minimum absolute atomic E-state index is 0.0180. The molecule has 2 aliphatic heterocycles. The van der Waals surface area contributed by atoms with Gasteiger partial charge in [-0.3, -0.25) is 9.36 Å². The number of carbonyl (C=O) groups excluding carboxylic acids is 1. The van der Waals surface area contributed by atoms with Crippen LogP contribution in [0.2, 0.25) is 0 Å². The molecule has 8 heteroatoms. The molecule has 2 fully saturated rings. The Balaban J connectivity index is 1.53. The summed E-state index contributed by atoms with van der Waals surface area (Å²) in [7, 11) is -0.595. The number of aromatic nitrogens is 1. The number of hydrogen-bond acceptors (Lipinski definition) is 5. The quantitative estimate of drug-likeness (QED) is 0.803. The molecule has 2 saturated heterocycles. The summed E-state index contributed by atoms with van der Waals surface area (Å²) < 4.78 is 23.8. The topological polar surface area (TPSA) is 84.9 Å². The second kappa shape index (κ2) is 6.82. The van der Waals surface area contributed by atoms with Crippen LogP contribution in [0.4, 0.5) is 0 Å². The van der Waals surface area contributed by atoms with E-state index >= 15 is 0 Å². The van der Waals surface area contributed by atoms with Crippen molar-refractivity contribution in [1.82, 2.24) is 9.47 Å². The van der Waals surface area contributed by atoms with E-state index in [0.717, 1.165) is 25.7 Å². The lowest BCUT2D eigenvalue weighted by Crippen LogP contribution is -2.54. The van der Waals surface area contributed by atoms with E-state index in [-0.39, 0.29) is 24.4 Å². The molecule has 1 spiro atoms. The molecule has 0 radical (unpaired) electrons. The number of carbonyl (C=O) groups is 1. The standard InChI is InChI=1S/C19H25N3O4S/c1-20-27(25)13-5-10-19(14-27)9-4-11-22(19)17(23)8-12-21-15-6-2-3-7-16(15)26-18(21)24/h2-3,6-7H,4-5,8-14H2,1H3. The van der Waals surface area contributed by atoms with E-state index in [1.54, 1.807) is 13.1 Å². The van der Waals surface area contributed by atoms with Gasteiger partial charge in [0, 0.05) is 42.0 Å². The van der Waals surface area contributed by atoms with Crippen LogP contribution in [-0.2, 0) is 21.1 Å². The van der Waals surface area contributed by atoms with Crippen molar-refractivity contribution in [2.75, 3.05) is 25.1 Å². The van der Waals surface area contributed by atoms with Gasteiger partial charge in [0.15, 0.2) is 5.58 Å². The number of amides is 1. The Labute approximate surface area is 158 Å². The van der Waals surface area contributed by atoms with Gasteiger partial charge in [0.1, 0.15) is 0 Å². The van der Waals surface area contributed by atoms with Crippen molar-refractivity contribution >= 4 is 26.7 Å². The van der Waals surface area contributed by atoms with Gasteiger partial charge in [-0.1, -0.05) is 12.1 Å². The van der Waals surface area contributed by atoms with Crippen molar-refractivity contribution in [2.24, 2.45) is 4.36 Å². The fraction of sp³-hybridized carbons (Fsp3) is 0.579. The predicted octanol–water partition coefficient (Wildman–Crippen LogP) is 2.24. The highest BCUT2D eigenvalue weighted by atomic mass is 32.2. The Kier molecular flexibility index (Phi) is 4.61. The Morgan fingerprint density at radius 3 is 2.89 bits per heavy atom. The molecule has 1 amide bonds. The largest absolute Gasteiger partial charge is 0.419 e. The summed E-state index contributed by atoms with van der Waals surface area (Å²) in [4.78, 5) is 27.1. The average Bonchev–Trinajstić information content (AvgIpc) is 3.20. The summed E-state index contributed by atoms with van der Waals surface area (Å²) in [6.45, 7) is 0.980. The Bertz CT molecular complexity index is 1050. The first-order valence-electron chi connectivity index (χ1n) is 9.46. The number of nitrogens with zero attached hydrogens (tertiary/aromatic N) is 3. The summed E-state index contributed by atoms with van der Waals surface area (Å²) in [5, 5.41) is 0. The van der Waals surface area contributed by atoms with Crippen molar-refractivity contribution < 1.29 is 13.4 Å². The van der Waals surface area contributed by atoms with Crippen LogP contribution in [0.3, 0.4) is 0 Å². The van der Waals surface area contributed by atoms with E-state index in [2.05, 4.69) is 4.36 Å². The van der Waals surface area contributed by atoms with E-state index in [9.17, 15) is 13.8 Å². The van der Waals surface area contributed by atoms with E-state index in [1.165, 1.54) is 4.57 Å². The molecule has 1 aromatic carbocycles. The highest BCUT2D eigenvalue weighted by Gasteiger charge is 2.47. The van der Waals surface area contributed by atoms with Crippen LogP contribution in [0.15, 0.2) is 37.8 Å². The van der Waals surface area contributed by atoms with Crippen LogP contribution < -0.4 is 5.76 Å². The first kappa shape index (κ1) is 18.3. The lowest BCUT2D eigenvalue weighted by molar-refractivity contribution is -0.135. The van der Waals surface area contributed by atoms with Crippen LogP contribution in [0.1, 0.15) is 32.1 Å². The summed E-state index contributed by atoms with van der Waals surface area (Å²) in [5.41, 5.74) is 0.913. The number of benzene rings is 1. The normalized spacial score (nSPS) is 28.1. The first-order chi connectivity index (χ1) is 13.0. The number of para-hydroxylation sites is 2. The Hall–Kier alpha value is -2.09. The molecule has 2 unspecified atom stereocenters. The molecule has 27 heavy (non-hydrogen) atoms. The van der Waals surface area contributed by atoms with Crippen molar-refractivity contribution in [3.05, 3.63) is 34.8 Å². The van der Waals surface area contributed by atoms with Gasteiger partial charge in [0.2, 0.25) is 5.91 Å². The fourth-order valence-corrected chi connectivity index (χ4v) is 6.99. The molecule has 7 nitrogen and oxygen atoms in total. The summed E-state index contributed by atoms with van der Waals surface area (Å²) in [6, 6.07) is 7.23. The molecule has 0 saturated carbocycles. The molecular weight excluding hydrogens is 366 g/mol. The number of hydrogen-bond donors (Lipinski definition) is 0. The van der Waals surface area contributed by atoms with Gasteiger partial charge in [-0.25, -0.2) is 13.4 Å². The molecule has 4 rings (SSSR count). The van der Waals surface area contributed by atoms with Crippen LogP contribution in [0, 0.1) is 0 Å². The Morgan fingerprint density at radius 2 is 2.07 bits per heavy atom. The molecule has 0 N–H and O–H groups in total. The van der Waals surface area contributed by atoms with Gasteiger partial charge in [-0.2, -0.15) is 0 Å². The third kappa shape index (κ3) is 3.20. The maximum absolute atomic E-state index is 13.0. The third-order valence-corrected chi connectivity index (χ3v) is 8.53. The maximum Gasteiger partial charge on any atom is 0.419 e. The fourth-order valence-electron chi connectivity index (χ4n) is 4.65. The zero-order chi connectivity index (χ0) is 19.1. The zero-order valence-electron chi connectivity index (χ0n) is 15.6. The average molecular weight is 391 g/mol. The first-order valence-corrected chi connectivity index (χ1v) is 11.3. The second-order valence-corrected chi connectivity index (χ2v) is 10.1. The van der Waals surface area contributed by atoms with Gasteiger partial charge in [0.05, 0.1) is 16.8 Å². The van der Waals surface area contributed by atoms with E-state index in [4.69, 9.17) is 4.42 Å². The summed E-state index contributed by atoms with van der Waals surface area (Å²) in [6.07, 6.45) is 3.78. The van der Waals surface area contributed by atoms with E-state index in [0.29, 0.717) is 29.2 Å². The van der Waals surface area contributed by atoms with Crippen molar-refractivity contribution in [3.8, 4) is 0 Å². The molecule has 1 aromatic heterocycles. The number of rotatable bonds is 3. The van der Waals surface area contributed by atoms with Crippen LogP contribution in [0.25, 0.3) is 11.1 Å². The van der Waals surface area contributed by atoms with Gasteiger partial charge < -0.3 is 9.32 Å². The zero-order valence-corrected chi connectivity index (χ0v) is 16.4. The van der Waals surface area contributed by atoms with Gasteiger partial charge in [-0.15, -0.1) is 0 Å². The van der Waals surface area contributed by atoms with Gasteiger partial charge >= 0.3 is 5.76 Å². The second-order valence-electron chi connectivity index (χ2n) is 7.52. The predicted molar refractivity (Wildman–Crippen MR) is 104 cm³/mol. The molecule has 0 bridgehead atoms. The van der Waals surface area contributed by atoms with Crippen LogP contribution in [-0.4, -0.2) is 50.2 Å². The van der Waals surface area contributed by atoms with Crippen LogP contribution >= 0.6 is 0 Å². The SMILES string of the molecule is CN=S1(=O)CCCC2(CCCN2C(=O)CCn2c(=O)oc3ccccc32)C1. The summed E-state index contributed by atoms with van der Waals surface area (Å²) >= 11 is 0. The maximum atomic E-state index is 13.0. The lowest BCUT2D eigenvalue weighted by Gasteiger charge is -2.42. The third-order valence-electron chi connectivity index (χ3n) is 5.95. The molecule has 2 atom stereocenters. The number of oxazole rings is 1. The van der Waals surface area contributed by atoms with Crippen molar-refractivity contribution in [1.29, 1.82) is 0 Å². The minimum Gasteiger partial charge on any atom is -0.408 e. The van der Waals surface area contributed by atoms with Crippen molar-refractivity contribution in [3.63, 3.8) is 0 Å².